The standard InChI is InChI=1S/C7H5N3O2/c1-2-5-3-4-9-7(8)6(5)10(11)12/h1,3-4H,(H2,8,9). The van der Waals surface area contributed by atoms with Gasteiger partial charge in [0.1, 0.15) is 5.56 Å². The van der Waals surface area contributed by atoms with E-state index in [9.17, 15) is 10.1 Å². The molecule has 5 nitrogen and oxygen atoms in total. The Kier molecular flexibility index (Phi) is 1.92. The second kappa shape index (κ2) is 2.88. The average molecular weight is 163 g/mol. The van der Waals surface area contributed by atoms with Crippen LogP contribution in [-0.2, 0) is 0 Å². The van der Waals surface area contributed by atoms with E-state index in [1.165, 1.54) is 12.3 Å². The lowest BCUT2D eigenvalue weighted by atomic mass is 10.2. The largest absolute Gasteiger partial charge is 0.378 e. The summed E-state index contributed by atoms with van der Waals surface area (Å²) in [6.45, 7) is 0. The summed E-state index contributed by atoms with van der Waals surface area (Å²) >= 11 is 0. The third-order valence-corrected chi connectivity index (χ3v) is 1.29. The molecule has 1 heterocycles. The second-order valence-corrected chi connectivity index (χ2v) is 1.99. The van der Waals surface area contributed by atoms with Crippen LogP contribution in [0.5, 0.6) is 0 Å². The zero-order valence-corrected chi connectivity index (χ0v) is 6.02. The van der Waals surface area contributed by atoms with Gasteiger partial charge in [0.25, 0.3) is 0 Å². The highest BCUT2D eigenvalue weighted by Crippen LogP contribution is 2.22. The van der Waals surface area contributed by atoms with Crippen molar-refractivity contribution >= 4 is 11.5 Å². The van der Waals surface area contributed by atoms with Crippen LogP contribution < -0.4 is 5.73 Å². The molecule has 1 aromatic rings. The number of nitro groups is 1. The first kappa shape index (κ1) is 8.01. The first-order valence-electron chi connectivity index (χ1n) is 3.02. The fourth-order valence-corrected chi connectivity index (χ4v) is 0.779. The molecule has 0 atom stereocenters. The Morgan fingerprint density at radius 3 is 2.83 bits per heavy atom. The molecule has 60 valence electrons. The van der Waals surface area contributed by atoms with E-state index >= 15 is 0 Å². The lowest BCUT2D eigenvalue weighted by Crippen LogP contribution is -2.00. The number of nitrogens with two attached hydrogens (primary N) is 1. The molecule has 12 heavy (non-hydrogen) atoms. The molecule has 0 fully saturated rings. The van der Waals surface area contributed by atoms with Gasteiger partial charge in [-0.3, -0.25) is 10.1 Å². The number of nitrogen functional groups attached to an aromatic ring is 1. The molecule has 0 spiro atoms. The minimum Gasteiger partial charge on any atom is -0.378 e. The second-order valence-electron chi connectivity index (χ2n) is 1.99. The Hall–Kier alpha value is -2.09. The molecule has 0 aliphatic carbocycles. The number of aromatic nitrogens is 1. The quantitative estimate of drug-likeness (QED) is 0.372. The summed E-state index contributed by atoms with van der Waals surface area (Å²) < 4.78 is 0. The van der Waals surface area contributed by atoms with Gasteiger partial charge in [-0.1, -0.05) is 5.92 Å². The molecule has 0 saturated carbocycles. The maximum atomic E-state index is 10.4. The number of hydrogen-bond donors (Lipinski definition) is 1. The predicted octanol–water partition coefficient (Wildman–Crippen LogP) is 0.553. The number of pyridine rings is 1. The Morgan fingerprint density at radius 2 is 2.42 bits per heavy atom. The fourth-order valence-electron chi connectivity index (χ4n) is 0.779. The summed E-state index contributed by atoms with van der Waals surface area (Å²) in [6, 6.07) is 1.37. The molecule has 1 rings (SSSR count). The Labute approximate surface area is 68.4 Å². The third-order valence-electron chi connectivity index (χ3n) is 1.29. The molecule has 0 bridgehead atoms. The third kappa shape index (κ3) is 1.18. The van der Waals surface area contributed by atoms with Crippen molar-refractivity contribution in [1.82, 2.24) is 4.98 Å². The molecular formula is C7H5N3O2. The van der Waals surface area contributed by atoms with Gasteiger partial charge >= 0.3 is 5.69 Å². The van der Waals surface area contributed by atoms with E-state index in [2.05, 4.69) is 10.9 Å². The Balaban J connectivity index is 3.42. The summed E-state index contributed by atoms with van der Waals surface area (Å²) in [4.78, 5) is 13.3. The fraction of sp³-hybridized carbons (Fsp3) is 0. The summed E-state index contributed by atoms with van der Waals surface area (Å²) in [5.41, 5.74) is 5.09. The van der Waals surface area contributed by atoms with Gasteiger partial charge in [0, 0.05) is 6.20 Å². The molecule has 1 aromatic heterocycles. The van der Waals surface area contributed by atoms with Crippen molar-refractivity contribution < 1.29 is 4.92 Å². The normalized spacial score (nSPS) is 8.92. The van der Waals surface area contributed by atoms with E-state index in [0.29, 0.717) is 0 Å². The van der Waals surface area contributed by atoms with E-state index in [0.717, 1.165) is 0 Å². The molecule has 0 aliphatic heterocycles. The number of terminal acetylenes is 1. The first-order chi connectivity index (χ1) is 5.66. The molecule has 0 saturated heterocycles. The molecule has 0 amide bonds. The number of nitrogens with zero attached hydrogens (tertiary/aromatic N) is 2. The van der Waals surface area contributed by atoms with Crippen LogP contribution in [0, 0.1) is 22.5 Å². The van der Waals surface area contributed by atoms with E-state index in [1.807, 2.05) is 0 Å². The average Bonchev–Trinajstić information content (AvgIpc) is 2.03. The highest BCUT2D eigenvalue weighted by Gasteiger charge is 2.16. The Bertz CT molecular complexity index is 367. The van der Waals surface area contributed by atoms with E-state index < -0.39 is 4.92 Å². The van der Waals surface area contributed by atoms with Crippen molar-refractivity contribution in [2.24, 2.45) is 0 Å². The van der Waals surface area contributed by atoms with Crippen molar-refractivity contribution in [3.8, 4) is 12.3 Å². The molecule has 0 aliphatic rings. The predicted molar refractivity (Wildman–Crippen MR) is 43.2 cm³/mol. The molecular weight excluding hydrogens is 158 g/mol. The van der Waals surface area contributed by atoms with Gasteiger partial charge in [0.05, 0.1) is 4.92 Å². The van der Waals surface area contributed by atoms with Crippen LogP contribution in [-0.4, -0.2) is 9.91 Å². The van der Waals surface area contributed by atoms with Gasteiger partial charge in [-0.25, -0.2) is 4.98 Å². The van der Waals surface area contributed by atoms with E-state index in [-0.39, 0.29) is 17.1 Å². The lowest BCUT2D eigenvalue weighted by molar-refractivity contribution is -0.384. The topological polar surface area (TPSA) is 82.0 Å². The molecule has 0 aromatic carbocycles. The van der Waals surface area contributed by atoms with Crippen LogP contribution in [0.1, 0.15) is 5.56 Å². The minimum absolute atomic E-state index is 0.146. The zero-order valence-electron chi connectivity index (χ0n) is 6.02. The summed E-state index contributed by atoms with van der Waals surface area (Å²) in [7, 11) is 0. The Morgan fingerprint density at radius 1 is 1.75 bits per heavy atom. The number of anilines is 1. The van der Waals surface area contributed by atoms with Crippen LogP contribution >= 0.6 is 0 Å². The summed E-state index contributed by atoms with van der Waals surface area (Å²) in [6.07, 6.45) is 6.35. The zero-order chi connectivity index (χ0) is 9.14. The maximum Gasteiger partial charge on any atom is 0.326 e. The van der Waals surface area contributed by atoms with Crippen molar-refractivity contribution in [3.05, 3.63) is 27.9 Å². The highest BCUT2D eigenvalue weighted by atomic mass is 16.6. The van der Waals surface area contributed by atoms with Crippen LogP contribution in [0.4, 0.5) is 11.5 Å². The molecule has 0 unspecified atom stereocenters. The summed E-state index contributed by atoms with van der Waals surface area (Å²) in [5, 5.41) is 10.4. The lowest BCUT2D eigenvalue weighted by Gasteiger charge is -1.96. The number of rotatable bonds is 1. The van der Waals surface area contributed by atoms with Crippen molar-refractivity contribution in [1.29, 1.82) is 0 Å². The van der Waals surface area contributed by atoms with Crippen LogP contribution in [0.25, 0.3) is 0 Å². The highest BCUT2D eigenvalue weighted by molar-refractivity contribution is 5.62. The maximum absolute atomic E-state index is 10.4. The molecule has 2 N–H and O–H groups in total. The number of hydrogen-bond acceptors (Lipinski definition) is 4. The van der Waals surface area contributed by atoms with E-state index in [1.54, 1.807) is 0 Å². The van der Waals surface area contributed by atoms with Crippen LogP contribution in [0.3, 0.4) is 0 Å². The monoisotopic (exact) mass is 163 g/mol. The first-order valence-corrected chi connectivity index (χ1v) is 3.02. The van der Waals surface area contributed by atoms with Gasteiger partial charge < -0.3 is 5.73 Å². The van der Waals surface area contributed by atoms with Crippen molar-refractivity contribution in [2.75, 3.05) is 5.73 Å². The van der Waals surface area contributed by atoms with Gasteiger partial charge in [-0.05, 0) is 6.07 Å². The van der Waals surface area contributed by atoms with Crippen LogP contribution in [0.2, 0.25) is 0 Å². The molecule has 5 heteroatoms. The van der Waals surface area contributed by atoms with Crippen molar-refractivity contribution in [2.45, 2.75) is 0 Å². The van der Waals surface area contributed by atoms with Gasteiger partial charge in [-0.2, -0.15) is 0 Å². The van der Waals surface area contributed by atoms with E-state index in [4.69, 9.17) is 12.2 Å². The smallest absolute Gasteiger partial charge is 0.326 e. The summed E-state index contributed by atoms with van der Waals surface area (Å²) in [5.74, 6) is 2.00. The minimum atomic E-state index is -0.641. The van der Waals surface area contributed by atoms with Gasteiger partial charge in [0.2, 0.25) is 5.82 Å². The van der Waals surface area contributed by atoms with Crippen molar-refractivity contribution in [3.63, 3.8) is 0 Å². The van der Waals surface area contributed by atoms with Gasteiger partial charge in [-0.15, -0.1) is 6.42 Å². The SMILES string of the molecule is C#Cc1ccnc(N)c1[N+](=O)[O-]. The molecule has 0 radical (unpaired) electrons. The van der Waals surface area contributed by atoms with Crippen LogP contribution in [0.15, 0.2) is 12.3 Å². The van der Waals surface area contributed by atoms with Gasteiger partial charge in [0.15, 0.2) is 0 Å².